The standard InChI is InChI=1S/C12H18N2O5S2/c1-8(15)9-3-5-14(6-4-9)21(17,18)12-10(11(16)19-2)13-7-20-12/h7-9,15H,3-6H2,1-2H3. The molecule has 1 N–H and O–H groups in total. The Morgan fingerprint density at radius 3 is 2.67 bits per heavy atom. The first-order chi connectivity index (χ1) is 9.87. The third kappa shape index (κ3) is 3.25. The maximum absolute atomic E-state index is 12.6. The number of piperidine rings is 1. The number of hydrogen-bond donors (Lipinski definition) is 1. The van der Waals surface area contributed by atoms with E-state index >= 15 is 0 Å². The number of methoxy groups -OCH3 is 1. The molecule has 7 nitrogen and oxygen atoms in total. The molecular formula is C12H18N2O5S2. The lowest BCUT2D eigenvalue weighted by Crippen LogP contribution is -2.40. The number of aromatic nitrogens is 1. The number of aliphatic hydroxyl groups is 1. The first kappa shape index (κ1) is 16.3. The number of thiazole rings is 1. The Morgan fingerprint density at radius 1 is 1.52 bits per heavy atom. The van der Waals surface area contributed by atoms with Crippen molar-refractivity contribution < 1.29 is 23.1 Å². The van der Waals surface area contributed by atoms with Crippen LogP contribution < -0.4 is 0 Å². The average molecular weight is 334 g/mol. The van der Waals surface area contributed by atoms with E-state index in [-0.39, 0.29) is 15.8 Å². The second-order valence-corrected chi connectivity index (χ2v) is 7.95. The molecule has 1 aliphatic heterocycles. The molecule has 1 unspecified atom stereocenters. The van der Waals surface area contributed by atoms with Crippen molar-refractivity contribution >= 4 is 27.3 Å². The van der Waals surface area contributed by atoms with Crippen molar-refractivity contribution in [1.82, 2.24) is 9.29 Å². The summed E-state index contributed by atoms with van der Waals surface area (Å²) in [5, 5.41) is 9.56. The fourth-order valence-electron chi connectivity index (χ4n) is 2.37. The van der Waals surface area contributed by atoms with E-state index < -0.39 is 22.1 Å². The van der Waals surface area contributed by atoms with Crippen LogP contribution in [0.25, 0.3) is 0 Å². The van der Waals surface area contributed by atoms with E-state index in [2.05, 4.69) is 9.72 Å². The molecule has 0 saturated carbocycles. The summed E-state index contributed by atoms with van der Waals surface area (Å²) >= 11 is 0.910. The van der Waals surface area contributed by atoms with Gasteiger partial charge in [-0.25, -0.2) is 18.2 Å². The second kappa shape index (κ2) is 6.39. The van der Waals surface area contributed by atoms with Crippen molar-refractivity contribution in [2.75, 3.05) is 20.2 Å². The van der Waals surface area contributed by atoms with Crippen molar-refractivity contribution in [3.63, 3.8) is 0 Å². The van der Waals surface area contributed by atoms with Gasteiger partial charge in [0, 0.05) is 13.1 Å². The van der Waals surface area contributed by atoms with Crippen LogP contribution in [-0.2, 0) is 14.8 Å². The Hall–Kier alpha value is -1.03. The highest BCUT2D eigenvalue weighted by Gasteiger charge is 2.35. The molecule has 2 heterocycles. The number of rotatable bonds is 4. The largest absolute Gasteiger partial charge is 0.464 e. The van der Waals surface area contributed by atoms with Crippen molar-refractivity contribution in [1.29, 1.82) is 0 Å². The molecule has 1 fully saturated rings. The van der Waals surface area contributed by atoms with Gasteiger partial charge in [0.1, 0.15) is 0 Å². The topological polar surface area (TPSA) is 96.8 Å². The van der Waals surface area contributed by atoms with Gasteiger partial charge in [-0.3, -0.25) is 0 Å². The van der Waals surface area contributed by atoms with Crippen molar-refractivity contribution in [3.8, 4) is 0 Å². The van der Waals surface area contributed by atoms with Gasteiger partial charge in [0.2, 0.25) is 0 Å². The fourth-order valence-corrected chi connectivity index (χ4v) is 5.11. The number of hydrogen-bond acceptors (Lipinski definition) is 7. The normalized spacial score (nSPS) is 19.4. The van der Waals surface area contributed by atoms with Crippen LogP contribution in [-0.4, -0.2) is 55.1 Å². The van der Waals surface area contributed by atoms with Gasteiger partial charge >= 0.3 is 5.97 Å². The minimum absolute atomic E-state index is 0.0788. The Morgan fingerprint density at radius 2 is 2.14 bits per heavy atom. The molecule has 9 heteroatoms. The molecule has 1 atom stereocenters. The highest BCUT2D eigenvalue weighted by Crippen LogP contribution is 2.29. The van der Waals surface area contributed by atoms with Crippen molar-refractivity contribution in [2.24, 2.45) is 5.92 Å². The number of ether oxygens (including phenoxy) is 1. The van der Waals surface area contributed by atoms with Gasteiger partial charge in [0.25, 0.3) is 10.0 Å². The summed E-state index contributed by atoms with van der Waals surface area (Å²) in [6.45, 7) is 2.38. The highest BCUT2D eigenvalue weighted by atomic mass is 32.2. The molecule has 0 amide bonds. The van der Waals surface area contributed by atoms with Gasteiger partial charge in [-0.05, 0) is 25.7 Å². The lowest BCUT2D eigenvalue weighted by molar-refractivity contribution is 0.0590. The minimum atomic E-state index is -3.75. The molecule has 21 heavy (non-hydrogen) atoms. The van der Waals surface area contributed by atoms with Crippen molar-refractivity contribution in [2.45, 2.75) is 30.1 Å². The summed E-state index contributed by atoms with van der Waals surface area (Å²) in [5.74, 6) is -0.647. The SMILES string of the molecule is COC(=O)c1ncsc1S(=O)(=O)N1CCC(C(C)O)CC1. The number of nitrogens with zero attached hydrogens (tertiary/aromatic N) is 2. The number of sulfonamides is 1. The molecule has 1 aliphatic rings. The predicted octanol–water partition coefficient (Wildman–Crippen LogP) is 0.711. The third-order valence-electron chi connectivity index (χ3n) is 3.67. The monoisotopic (exact) mass is 334 g/mol. The van der Waals surface area contributed by atoms with Crippen LogP contribution in [0.15, 0.2) is 9.72 Å². The van der Waals surface area contributed by atoms with E-state index in [0.29, 0.717) is 25.9 Å². The van der Waals surface area contributed by atoms with Gasteiger partial charge in [0.15, 0.2) is 9.90 Å². The highest BCUT2D eigenvalue weighted by molar-refractivity contribution is 7.91. The molecule has 0 radical (unpaired) electrons. The number of esters is 1. The van der Waals surface area contributed by atoms with Crippen LogP contribution in [0.4, 0.5) is 0 Å². The summed E-state index contributed by atoms with van der Waals surface area (Å²) in [5.41, 5.74) is 1.15. The zero-order valence-electron chi connectivity index (χ0n) is 11.9. The quantitative estimate of drug-likeness (QED) is 0.815. The fraction of sp³-hybridized carbons (Fsp3) is 0.667. The number of carbonyl (C=O) groups is 1. The van der Waals surface area contributed by atoms with Gasteiger partial charge in [0.05, 0.1) is 18.7 Å². The first-order valence-electron chi connectivity index (χ1n) is 6.58. The zero-order valence-corrected chi connectivity index (χ0v) is 13.5. The summed E-state index contributed by atoms with van der Waals surface area (Å²) in [4.78, 5) is 15.4. The molecule has 1 aromatic heterocycles. The van der Waals surface area contributed by atoms with E-state index in [4.69, 9.17) is 0 Å². The van der Waals surface area contributed by atoms with Crippen molar-refractivity contribution in [3.05, 3.63) is 11.2 Å². The van der Waals surface area contributed by atoms with E-state index in [1.54, 1.807) is 6.92 Å². The Kier molecular flexibility index (Phi) is 4.97. The predicted molar refractivity (Wildman–Crippen MR) is 76.6 cm³/mol. The maximum atomic E-state index is 12.6. The maximum Gasteiger partial charge on any atom is 0.358 e. The third-order valence-corrected chi connectivity index (χ3v) is 6.91. The molecule has 118 valence electrons. The Balaban J connectivity index is 2.20. The molecule has 1 saturated heterocycles. The van der Waals surface area contributed by atoms with E-state index in [1.807, 2.05) is 0 Å². The second-order valence-electron chi connectivity index (χ2n) is 4.96. The minimum Gasteiger partial charge on any atom is -0.464 e. The summed E-state index contributed by atoms with van der Waals surface area (Å²) < 4.78 is 31.0. The lowest BCUT2D eigenvalue weighted by atomic mass is 9.93. The Bertz CT molecular complexity index is 603. The van der Waals surface area contributed by atoms with Crippen LogP contribution in [0.1, 0.15) is 30.3 Å². The Labute approximate surface area is 127 Å². The average Bonchev–Trinajstić information content (AvgIpc) is 2.96. The van der Waals surface area contributed by atoms with Gasteiger partial charge in [-0.1, -0.05) is 0 Å². The molecule has 2 rings (SSSR count). The molecule has 1 aromatic rings. The molecular weight excluding hydrogens is 316 g/mol. The lowest BCUT2D eigenvalue weighted by Gasteiger charge is -2.32. The van der Waals surface area contributed by atoms with Crippen LogP contribution >= 0.6 is 11.3 Å². The van der Waals surface area contributed by atoms with Gasteiger partial charge < -0.3 is 9.84 Å². The summed E-state index contributed by atoms with van der Waals surface area (Å²) in [6.07, 6.45) is 0.760. The van der Waals surface area contributed by atoms with Crippen LogP contribution in [0.5, 0.6) is 0 Å². The molecule has 0 aliphatic carbocycles. The summed E-state index contributed by atoms with van der Waals surface area (Å²) in [7, 11) is -2.56. The van der Waals surface area contributed by atoms with Crippen LogP contribution in [0, 0.1) is 5.92 Å². The van der Waals surface area contributed by atoms with E-state index in [1.165, 1.54) is 16.9 Å². The van der Waals surface area contributed by atoms with E-state index in [0.717, 1.165) is 11.3 Å². The van der Waals surface area contributed by atoms with Gasteiger partial charge in [-0.2, -0.15) is 4.31 Å². The number of aliphatic hydroxyl groups excluding tert-OH is 1. The van der Waals surface area contributed by atoms with Crippen LogP contribution in [0.3, 0.4) is 0 Å². The molecule has 0 spiro atoms. The molecule has 0 bridgehead atoms. The van der Waals surface area contributed by atoms with Crippen LogP contribution in [0.2, 0.25) is 0 Å². The summed E-state index contributed by atoms with van der Waals surface area (Å²) in [6, 6.07) is 0. The van der Waals surface area contributed by atoms with E-state index in [9.17, 15) is 18.3 Å². The van der Waals surface area contributed by atoms with Gasteiger partial charge in [-0.15, -0.1) is 11.3 Å². The first-order valence-corrected chi connectivity index (χ1v) is 8.90. The zero-order chi connectivity index (χ0) is 15.6. The number of carbonyl (C=O) groups excluding carboxylic acids is 1. The molecule has 0 aromatic carbocycles. The smallest absolute Gasteiger partial charge is 0.358 e.